The number of ether oxygens (including phenoxy) is 2. The highest BCUT2D eigenvalue weighted by atomic mass is 16.5. The van der Waals surface area contributed by atoms with Crippen LogP contribution >= 0.6 is 0 Å². The van der Waals surface area contributed by atoms with E-state index in [1.807, 2.05) is 42.2 Å². The van der Waals surface area contributed by atoms with Crippen LogP contribution in [-0.2, 0) is 20.9 Å². The summed E-state index contributed by atoms with van der Waals surface area (Å²) in [6.45, 7) is 4.18. The van der Waals surface area contributed by atoms with Crippen molar-refractivity contribution in [2.45, 2.75) is 32.0 Å². The van der Waals surface area contributed by atoms with Crippen LogP contribution in [0.5, 0.6) is 0 Å². The molecular weight excluding hydrogens is 318 g/mol. The van der Waals surface area contributed by atoms with Gasteiger partial charge in [-0.25, -0.2) is 0 Å². The van der Waals surface area contributed by atoms with Crippen LogP contribution in [0.15, 0.2) is 24.5 Å². The molecule has 2 saturated heterocycles. The molecule has 6 nitrogen and oxygen atoms in total. The van der Waals surface area contributed by atoms with Crippen LogP contribution in [-0.4, -0.2) is 73.7 Å². The maximum absolute atomic E-state index is 12.2. The molecule has 0 N–H and O–H groups in total. The predicted molar refractivity (Wildman–Crippen MR) is 95.1 cm³/mol. The molecule has 1 amide bonds. The second-order valence-corrected chi connectivity index (χ2v) is 7.63. The first-order chi connectivity index (χ1) is 12.1. The maximum Gasteiger partial charge on any atom is 0.236 e. The molecule has 0 aromatic carbocycles. The lowest BCUT2D eigenvalue weighted by Gasteiger charge is -2.38. The third-order valence-corrected chi connectivity index (χ3v) is 5.21. The monoisotopic (exact) mass is 347 g/mol. The van der Waals surface area contributed by atoms with Gasteiger partial charge in [0.15, 0.2) is 0 Å². The summed E-state index contributed by atoms with van der Waals surface area (Å²) in [6.07, 6.45) is 6.87. The summed E-state index contributed by atoms with van der Waals surface area (Å²) >= 11 is 0. The van der Waals surface area contributed by atoms with E-state index in [2.05, 4.69) is 4.98 Å². The van der Waals surface area contributed by atoms with Crippen LogP contribution in [0.2, 0.25) is 0 Å². The molecule has 138 valence electrons. The molecule has 3 rings (SSSR count). The van der Waals surface area contributed by atoms with Crippen molar-refractivity contribution in [3.63, 3.8) is 0 Å². The van der Waals surface area contributed by atoms with Crippen molar-refractivity contribution < 1.29 is 14.3 Å². The molecule has 0 aliphatic carbocycles. The smallest absolute Gasteiger partial charge is 0.236 e. The van der Waals surface area contributed by atoms with E-state index >= 15 is 0 Å². The van der Waals surface area contributed by atoms with Gasteiger partial charge in [0.2, 0.25) is 5.91 Å². The normalized spacial score (nSPS) is 22.7. The van der Waals surface area contributed by atoms with Crippen LogP contribution in [0.1, 0.15) is 24.8 Å². The number of likely N-dealkylation sites (tertiary alicyclic amines) is 1. The second-order valence-electron chi connectivity index (χ2n) is 7.63. The third-order valence-electron chi connectivity index (χ3n) is 5.21. The number of hydrogen-bond acceptors (Lipinski definition) is 5. The van der Waals surface area contributed by atoms with Crippen molar-refractivity contribution in [1.29, 1.82) is 0 Å². The number of hydrogen-bond donors (Lipinski definition) is 0. The fourth-order valence-corrected chi connectivity index (χ4v) is 3.74. The largest absolute Gasteiger partial charge is 0.375 e. The Morgan fingerprint density at radius 1 is 1.44 bits per heavy atom. The van der Waals surface area contributed by atoms with Crippen LogP contribution in [0.3, 0.4) is 0 Å². The van der Waals surface area contributed by atoms with Crippen molar-refractivity contribution in [1.82, 2.24) is 14.8 Å². The SMILES string of the molecule is CN(C)CC(=O)N1CCC2(CC1)COC(COCc1cccnc1)C2. The molecule has 25 heavy (non-hydrogen) atoms. The molecule has 3 heterocycles. The Morgan fingerprint density at radius 3 is 2.92 bits per heavy atom. The zero-order valence-electron chi connectivity index (χ0n) is 15.3. The maximum atomic E-state index is 12.2. The average molecular weight is 347 g/mol. The minimum Gasteiger partial charge on any atom is -0.375 e. The highest BCUT2D eigenvalue weighted by molar-refractivity contribution is 5.78. The van der Waals surface area contributed by atoms with E-state index in [9.17, 15) is 4.79 Å². The van der Waals surface area contributed by atoms with Crippen molar-refractivity contribution in [2.75, 3.05) is 46.9 Å². The molecule has 0 radical (unpaired) electrons. The number of aromatic nitrogens is 1. The Kier molecular flexibility index (Phi) is 6.04. The Bertz CT molecular complexity index is 556. The van der Waals surface area contributed by atoms with Crippen molar-refractivity contribution >= 4 is 5.91 Å². The predicted octanol–water partition coefficient (Wildman–Crippen LogP) is 1.56. The van der Waals surface area contributed by atoms with Gasteiger partial charge in [-0.05, 0) is 50.4 Å². The summed E-state index contributed by atoms with van der Waals surface area (Å²) in [7, 11) is 3.87. The quantitative estimate of drug-likeness (QED) is 0.782. The Labute approximate surface area is 150 Å². The van der Waals surface area contributed by atoms with Gasteiger partial charge in [0.1, 0.15) is 0 Å². The van der Waals surface area contributed by atoms with Gasteiger partial charge in [0.25, 0.3) is 0 Å². The Morgan fingerprint density at radius 2 is 2.24 bits per heavy atom. The first kappa shape index (κ1) is 18.3. The number of carbonyl (C=O) groups is 1. The minimum absolute atomic E-state index is 0.167. The van der Waals surface area contributed by atoms with Gasteiger partial charge >= 0.3 is 0 Å². The first-order valence-corrected chi connectivity index (χ1v) is 9.07. The van der Waals surface area contributed by atoms with E-state index in [4.69, 9.17) is 9.47 Å². The zero-order chi connectivity index (χ0) is 17.7. The summed E-state index contributed by atoms with van der Waals surface area (Å²) in [5.74, 6) is 0.232. The van der Waals surface area contributed by atoms with E-state index in [1.54, 1.807) is 6.20 Å². The molecule has 6 heteroatoms. The van der Waals surface area contributed by atoms with Gasteiger partial charge < -0.3 is 19.3 Å². The fraction of sp³-hybridized carbons (Fsp3) is 0.684. The molecule has 2 fully saturated rings. The van der Waals surface area contributed by atoms with Crippen LogP contribution in [0, 0.1) is 5.41 Å². The van der Waals surface area contributed by atoms with E-state index in [0.29, 0.717) is 19.8 Å². The van der Waals surface area contributed by atoms with E-state index in [0.717, 1.165) is 44.5 Å². The van der Waals surface area contributed by atoms with Gasteiger partial charge in [-0.3, -0.25) is 9.78 Å². The number of rotatable bonds is 6. The summed E-state index contributed by atoms with van der Waals surface area (Å²) in [4.78, 5) is 20.2. The molecule has 0 bridgehead atoms. The second kappa shape index (κ2) is 8.25. The van der Waals surface area contributed by atoms with Crippen LogP contribution < -0.4 is 0 Å². The molecule has 1 unspecified atom stereocenters. The van der Waals surface area contributed by atoms with Crippen LogP contribution in [0.4, 0.5) is 0 Å². The average Bonchev–Trinajstić information content (AvgIpc) is 2.98. The minimum atomic E-state index is 0.167. The Balaban J connectivity index is 1.40. The molecule has 0 saturated carbocycles. The van der Waals surface area contributed by atoms with Gasteiger partial charge in [-0.2, -0.15) is 0 Å². The molecule has 1 aromatic rings. The van der Waals surface area contributed by atoms with E-state index in [1.165, 1.54) is 0 Å². The zero-order valence-corrected chi connectivity index (χ0v) is 15.3. The lowest BCUT2D eigenvalue weighted by atomic mass is 9.76. The van der Waals surface area contributed by atoms with Gasteiger partial charge in [-0.15, -0.1) is 0 Å². The molecule has 1 aromatic heterocycles. The topological polar surface area (TPSA) is 54.9 Å². The Hall–Kier alpha value is -1.50. The first-order valence-electron chi connectivity index (χ1n) is 9.07. The fourth-order valence-electron chi connectivity index (χ4n) is 3.74. The number of pyridine rings is 1. The van der Waals surface area contributed by atoms with Crippen LogP contribution in [0.25, 0.3) is 0 Å². The highest BCUT2D eigenvalue weighted by Crippen LogP contribution is 2.42. The van der Waals surface area contributed by atoms with Gasteiger partial charge in [0.05, 0.1) is 32.5 Å². The molecule has 2 aliphatic heterocycles. The third kappa shape index (κ3) is 5.00. The standard InChI is InChI=1S/C19H29N3O3/c1-21(2)12-18(23)22-8-5-19(6-9-22)10-17(25-15-19)14-24-13-16-4-3-7-20-11-16/h3-4,7,11,17H,5-6,8-10,12-15H2,1-2H3. The number of carbonyl (C=O) groups excluding carboxylic acids is 1. The number of nitrogens with zero attached hydrogens (tertiary/aromatic N) is 3. The lowest BCUT2D eigenvalue weighted by molar-refractivity contribution is -0.134. The number of likely N-dealkylation sites (N-methyl/N-ethyl adjacent to an activating group) is 1. The summed E-state index contributed by atoms with van der Waals surface area (Å²) in [5.41, 5.74) is 1.32. The van der Waals surface area contributed by atoms with Crippen molar-refractivity contribution in [3.05, 3.63) is 30.1 Å². The van der Waals surface area contributed by atoms with E-state index < -0.39 is 0 Å². The van der Waals surface area contributed by atoms with Crippen molar-refractivity contribution in [2.24, 2.45) is 5.41 Å². The lowest BCUT2D eigenvalue weighted by Crippen LogP contribution is -2.46. The molecule has 1 atom stereocenters. The van der Waals surface area contributed by atoms with Gasteiger partial charge in [-0.1, -0.05) is 6.07 Å². The summed E-state index contributed by atoms with van der Waals surface area (Å²) in [6, 6.07) is 3.94. The number of amides is 1. The molecule has 2 aliphatic rings. The van der Waals surface area contributed by atoms with Crippen molar-refractivity contribution in [3.8, 4) is 0 Å². The summed E-state index contributed by atoms with van der Waals surface area (Å²) in [5, 5.41) is 0. The molecular formula is C19H29N3O3. The number of piperidine rings is 1. The molecule has 1 spiro atoms. The highest BCUT2D eigenvalue weighted by Gasteiger charge is 2.43. The van der Waals surface area contributed by atoms with E-state index in [-0.39, 0.29) is 17.4 Å². The summed E-state index contributed by atoms with van der Waals surface area (Å²) < 4.78 is 11.8. The van der Waals surface area contributed by atoms with Gasteiger partial charge in [0, 0.05) is 25.5 Å².